The quantitative estimate of drug-likeness (QED) is 0.779. The van der Waals surface area contributed by atoms with Crippen LogP contribution in [0.2, 0.25) is 0 Å². The molecule has 1 fully saturated rings. The minimum absolute atomic E-state index is 0.509. The molecule has 8 heteroatoms. The van der Waals surface area contributed by atoms with Crippen molar-refractivity contribution >= 4 is 5.65 Å². The molecule has 0 unspecified atom stereocenters. The van der Waals surface area contributed by atoms with Crippen molar-refractivity contribution in [3.05, 3.63) is 54.1 Å². The van der Waals surface area contributed by atoms with Crippen LogP contribution in [0.4, 0.5) is 13.2 Å². The first-order valence-corrected chi connectivity index (χ1v) is 8.44. The highest BCUT2D eigenvalue weighted by molar-refractivity contribution is 5.66. The van der Waals surface area contributed by atoms with Gasteiger partial charge in [0.2, 0.25) is 0 Å². The Morgan fingerprint density at radius 1 is 1.04 bits per heavy atom. The molecule has 1 saturated heterocycles. The molecule has 1 N–H and O–H groups in total. The van der Waals surface area contributed by atoms with Crippen LogP contribution in [-0.2, 0) is 12.7 Å². The molecule has 26 heavy (non-hydrogen) atoms. The van der Waals surface area contributed by atoms with Crippen LogP contribution < -0.4 is 5.32 Å². The minimum atomic E-state index is -4.39. The summed E-state index contributed by atoms with van der Waals surface area (Å²) in [4.78, 5) is 10.8. The lowest BCUT2D eigenvalue weighted by Crippen LogP contribution is -2.43. The average Bonchev–Trinajstić information content (AvgIpc) is 3.00. The number of halogens is 3. The van der Waals surface area contributed by atoms with E-state index in [2.05, 4.69) is 20.2 Å². The second kappa shape index (κ2) is 6.69. The van der Waals surface area contributed by atoms with E-state index in [0.29, 0.717) is 17.9 Å². The van der Waals surface area contributed by atoms with Crippen molar-refractivity contribution < 1.29 is 13.2 Å². The van der Waals surface area contributed by atoms with Crippen LogP contribution in [0, 0.1) is 0 Å². The Morgan fingerprint density at radius 3 is 2.46 bits per heavy atom. The molecule has 136 valence electrons. The molecular weight excluding hydrogens is 343 g/mol. The van der Waals surface area contributed by atoms with Gasteiger partial charge in [-0.3, -0.25) is 9.88 Å². The van der Waals surface area contributed by atoms with Gasteiger partial charge in [-0.25, -0.2) is 4.98 Å². The van der Waals surface area contributed by atoms with Crippen molar-refractivity contribution in [3.63, 3.8) is 0 Å². The number of imidazole rings is 1. The lowest BCUT2D eigenvalue weighted by molar-refractivity contribution is -0.137. The maximum absolute atomic E-state index is 13.2. The van der Waals surface area contributed by atoms with Crippen LogP contribution in [-0.4, -0.2) is 45.4 Å². The second-order valence-electron chi connectivity index (χ2n) is 6.31. The van der Waals surface area contributed by atoms with E-state index in [1.54, 1.807) is 16.8 Å². The molecule has 3 aromatic rings. The van der Waals surface area contributed by atoms with Crippen LogP contribution in [0.15, 0.2) is 42.9 Å². The van der Waals surface area contributed by atoms with Crippen molar-refractivity contribution in [1.82, 2.24) is 24.6 Å². The molecule has 4 rings (SSSR count). The Morgan fingerprint density at radius 2 is 1.77 bits per heavy atom. The molecule has 0 aromatic carbocycles. The number of rotatable bonds is 3. The average molecular weight is 361 g/mol. The van der Waals surface area contributed by atoms with Crippen molar-refractivity contribution in [1.29, 1.82) is 0 Å². The number of hydrogen-bond donors (Lipinski definition) is 1. The third-order valence-corrected chi connectivity index (χ3v) is 4.58. The molecule has 0 bridgehead atoms. The van der Waals surface area contributed by atoms with E-state index in [-0.39, 0.29) is 0 Å². The Bertz CT molecular complexity index is 898. The SMILES string of the molecule is FC(F)(F)c1ccc2nc(-c3ccncc3)c(CN3CCNCC3)n2c1. The van der Waals surface area contributed by atoms with Gasteiger partial charge in [0.1, 0.15) is 5.65 Å². The first kappa shape index (κ1) is 17.0. The highest BCUT2D eigenvalue weighted by atomic mass is 19.4. The summed E-state index contributed by atoms with van der Waals surface area (Å²) in [5.74, 6) is 0. The molecule has 5 nitrogen and oxygen atoms in total. The third-order valence-electron chi connectivity index (χ3n) is 4.58. The first-order valence-electron chi connectivity index (χ1n) is 8.44. The van der Waals surface area contributed by atoms with Crippen LogP contribution >= 0.6 is 0 Å². The summed E-state index contributed by atoms with van der Waals surface area (Å²) in [6.07, 6.45) is 0.0797. The summed E-state index contributed by atoms with van der Waals surface area (Å²) in [5.41, 5.74) is 2.15. The molecule has 0 aliphatic carbocycles. The molecule has 1 aliphatic rings. The number of aromatic nitrogens is 3. The maximum atomic E-state index is 13.2. The van der Waals surface area contributed by atoms with Crippen molar-refractivity contribution in [2.24, 2.45) is 0 Å². The lowest BCUT2D eigenvalue weighted by atomic mass is 10.1. The molecule has 1 aliphatic heterocycles. The standard InChI is InChI=1S/C18H18F3N5/c19-18(20,21)14-1-2-16-24-17(13-3-5-22-6-4-13)15(26(16)11-14)12-25-9-7-23-8-10-25/h1-6,11,23H,7-10,12H2. The zero-order valence-electron chi connectivity index (χ0n) is 14.0. The summed E-state index contributed by atoms with van der Waals surface area (Å²) in [7, 11) is 0. The highest BCUT2D eigenvalue weighted by Gasteiger charge is 2.31. The molecule has 0 atom stereocenters. The summed E-state index contributed by atoms with van der Waals surface area (Å²) in [6, 6.07) is 6.16. The lowest BCUT2D eigenvalue weighted by Gasteiger charge is -2.27. The molecule has 4 heterocycles. The molecule has 0 saturated carbocycles. The smallest absolute Gasteiger partial charge is 0.314 e. The number of fused-ring (bicyclic) bond motifs is 1. The number of nitrogens with one attached hydrogen (secondary N) is 1. The van der Waals surface area contributed by atoms with Gasteiger partial charge >= 0.3 is 6.18 Å². The van der Waals surface area contributed by atoms with E-state index in [1.165, 1.54) is 6.07 Å². The van der Waals surface area contributed by atoms with Gasteiger partial charge in [0.15, 0.2) is 0 Å². The molecule has 0 amide bonds. The number of nitrogens with zero attached hydrogens (tertiary/aromatic N) is 4. The van der Waals surface area contributed by atoms with E-state index in [4.69, 9.17) is 0 Å². The van der Waals surface area contributed by atoms with Gasteiger partial charge in [0.25, 0.3) is 0 Å². The Balaban J connectivity index is 1.84. The van der Waals surface area contributed by atoms with Gasteiger partial charge in [-0.15, -0.1) is 0 Å². The van der Waals surface area contributed by atoms with Gasteiger partial charge in [0, 0.05) is 56.9 Å². The number of alkyl halides is 3. The Kier molecular flexibility index (Phi) is 4.37. The highest BCUT2D eigenvalue weighted by Crippen LogP contribution is 2.31. The van der Waals surface area contributed by atoms with Gasteiger partial charge in [-0.2, -0.15) is 13.2 Å². The van der Waals surface area contributed by atoms with E-state index in [9.17, 15) is 13.2 Å². The minimum Gasteiger partial charge on any atom is -0.314 e. The van der Waals surface area contributed by atoms with E-state index >= 15 is 0 Å². The Labute approximate surface area is 148 Å². The normalized spacial score (nSPS) is 16.3. The van der Waals surface area contributed by atoms with Crippen LogP contribution in [0.1, 0.15) is 11.3 Å². The number of hydrogen-bond acceptors (Lipinski definition) is 4. The number of piperazine rings is 1. The van der Waals surface area contributed by atoms with Crippen molar-refractivity contribution in [2.75, 3.05) is 26.2 Å². The van der Waals surface area contributed by atoms with Crippen LogP contribution in [0.25, 0.3) is 16.9 Å². The zero-order chi connectivity index (χ0) is 18.1. The first-order chi connectivity index (χ1) is 12.5. The van der Waals surface area contributed by atoms with Crippen molar-refractivity contribution in [3.8, 4) is 11.3 Å². The van der Waals surface area contributed by atoms with Gasteiger partial charge in [-0.05, 0) is 24.3 Å². The molecular formula is C18H18F3N5. The zero-order valence-corrected chi connectivity index (χ0v) is 14.0. The summed E-state index contributed by atoms with van der Waals surface area (Å²) in [5, 5.41) is 3.29. The summed E-state index contributed by atoms with van der Waals surface area (Å²) >= 11 is 0. The molecule has 3 aromatic heterocycles. The van der Waals surface area contributed by atoms with Crippen LogP contribution in [0.3, 0.4) is 0 Å². The van der Waals surface area contributed by atoms with Gasteiger partial charge in [0.05, 0.1) is 17.0 Å². The topological polar surface area (TPSA) is 45.5 Å². The second-order valence-corrected chi connectivity index (χ2v) is 6.31. The predicted molar refractivity (Wildman–Crippen MR) is 91.6 cm³/mol. The van der Waals surface area contributed by atoms with Gasteiger partial charge in [-0.1, -0.05) is 0 Å². The third kappa shape index (κ3) is 3.30. The number of pyridine rings is 2. The predicted octanol–water partition coefficient (Wildman–Crippen LogP) is 2.82. The van der Waals surface area contributed by atoms with E-state index in [1.807, 2.05) is 12.1 Å². The summed E-state index contributed by atoms with van der Waals surface area (Å²) < 4.78 is 41.1. The Hall–Kier alpha value is -2.45. The largest absolute Gasteiger partial charge is 0.417 e. The monoisotopic (exact) mass is 361 g/mol. The van der Waals surface area contributed by atoms with Crippen LogP contribution in [0.5, 0.6) is 0 Å². The van der Waals surface area contributed by atoms with E-state index in [0.717, 1.165) is 49.7 Å². The molecule has 0 radical (unpaired) electrons. The summed E-state index contributed by atoms with van der Waals surface area (Å²) in [6.45, 7) is 3.98. The maximum Gasteiger partial charge on any atom is 0.417 e. The van der Waals surface area contributed by atoms with E-state index < -0.39 is 11.7 Å². The fourth-order valence-electron chi connectivity index (χ4n) is 3.23. The van der Waals surface area contributed by atoms with Crippen molar-refractivity contribution in [2.45, 2.75) is 12.7 Å². The van der Waals surface area contributed by atoms with Gasteiger partial charge < -0.3 is 9.72 Å². The fourth-order valence-corrected chi connectivity index (χ4v) is 3.23. The fraction of sp³-hybridized carbons (Fsp3) is 0.333. The molecule has 0 spiro atoms.